The number of phenolic OH excluding ortho intramolecular Hbond substituents is 1. The van der Waals surface area contributed by atoms with Gasteiger partial charge in [-0.05, 0) is 84.4 Å². The fraction of sp³-hybridized carbons (Fsp3) is 0.419. The van der Waals surface area contributed by atoms with Crippen LogP contribution in [0.15, 0.2) is 57.3 Å². The SMILES string of the molecule is CCOCCOC(=O)C1=C(C)NC2=C(C(=O)C[C@@H](c3ccc(OC)c(OC)c3)C2)[C@@H]1c1cc(Br)c(O)c(OCC)c1. The quantitative estimate of drug-likeness (QED) is 0.245. The maximum atomic E-state index is 14.0. The minimum atomic E-state index is -0.721. The number of methoxy groups -OCH3 is 2. The summed E-state index contributed by atoms with van der Waals surface area (Å²) >= 11 is 3.42. The number of rotatable bonds is 11. The predicted molar refractivity (Wildman–Crippen MR) is 157 cm³/mol. The zero-order valence-corrected chi connectivity index (χ0v) is 25.6. The van der Waals surface area contributed by atoms with Crippen LogP contribution in [-0.2, 0) is 19.1 Å². The lowest BCUT2D eigenvalue weighted by atomic mass is 9.71. The van der Waals surface area contributed by atoms with Crippen molar-refractivity contribution in [3.8, 4) is 23.0 Å². The third-order valence-electron chi connectivity index (χ3n) is 7.28. The fourth-order valence-corrected chi connectivity index (χ4v) is 5.89. The van der Waals surface area contributed by atoms with Gasteiger partial charge in [-0.15, -0.1) is 0 Å². The normalized spacial score (nSPS) is 18.5. The van der Waals surface area contributed by atoms with Crippen LogP contribution in [0.2, 0.25) is 0 Å². The summed E-state index contributed by atoms with van der Waals surface area (Å²) in [5, 5.41) is 13.9. The van der Waals surface area contributed by atoms with Crippen molar-refractivity contribution in [3.63, 3.8) is 0 Å². The van der Waals surface area contributed by atoms with Crippen LogP contribution in [0.1, 0.15) is 56.6 Å². The molecular formula is C31H36BrNO8. The number of phenols is 1. The van der Waals surface area contributed by atoms with E-state index in [-0.39, 0.29) is 42.8 Å². The lowest BCUT2D eigenvalue weighted by Crippen LogP contribution is -2.36. The number of hydrogen-bond acceptors (Lipinski definition) is 9. The summed E-state index contributed by atoms with van der Waals surface area (Å²) in [4.78, 5) is 27.5. The van der Waals surface area contributed by atoms with Crippen LogP contribution in [0.5, 0.6) is 23.0 Å². The summed E-state index contributed by atoms with van der Waals surface area (Å²) in [6, 6.07) is 9.08. The molecule has 0 bridgehead atoms. The lowest BCUT2D eigenvalue weighted by Gasteiger charge is -2.37. The van der Waals surface area contributed by atoms with Crippen LogP contribution in [0.3, 0.4) is 0 Å². The molecule has 2 aliphatic rings. The number of halogens is 1. The molecule has 2 aromatic carbocycles. The molecular weight excluding hydrogens is 594 g/mol. The van der Waals surface area contributed by atoms with E-state index in [0.717, 1.165) is 11.3 Å². The molecule has 1 aliphatic heterocycles. The number of benzene rings is 2. The number of nitrogens with one attached hydrogen (secondary N) is 1. The highest BCUT2D eigenvalue weighted by molar-refractivity contribution is 9.10. The van der Waals surface area contributed by atoms with Crippen molar-refractivity contribution in [2.24, 2.45) is 0 Å². The van der Waals surface area contributed by atoms with E-state index in [9.17, 15) is 14.7 Å². The van der Waals surface area contributed by atoms with E-state index in [1.165, 1.54) is 0 Å². The van der Waals surface area contributed by atoms with E-state index < -0.39 is 11.9 Å². The first-order chi connectivity index (χ1) is 19.7. The van der Waals surface area contributed by atoms with E-state index in [2.05, 4.69) is 21.2 Å². The van der Waals surface area contributed by atoms with Gasteiger partial charge in [0, 0.05) is 35.9 Å². The molecule has 0 aromatic heterocycles. The number of ketones is 1. The number of Topliss-reactive ketones (excluding diaryl/α,β-unsaturated/α-hetero) is 1. The zero-order valence-electron chi connectivity index (χ0n) is 24.0. The van der Waals surface area contributed by atoms with Gasteiger partial charge in [-0.25, -0.2) is 4.79 Å². The van der Waals surface area contributed by atoms with Crippen molar-refractivity contribution in [2.75, 3.05) is 40.6 Å². The second-order valence-corrected chi connectivity index (χ2v) is 10.6. The van der Waals surface area contributed by atoms with Gasteiger partial charge in [0.25, 0.3) is 0 Å². The molecule has 2 aromatic rings. The van der Waals surface area contributed by atoms with Crippen LogP contribution >= 0.6 is 15.9 Å². The lowest BCUT2D eigenvalue weighted by molar-refractivity contribution is -0.140. The number of esters is 1. The summed E-state index contributed by atoms with van der Waals surface area (Å²) in [7, 11) is 3.16. The number of allylic oxidation sites excluding steroid dienone is 3. The maximum absolute atomic E-state index is 14.0. The summed E-state index contributed by atoms with van der Waals surface area (Å²) in [6.07, 6.45) is 0.796. The monoisotopic (exact) mass is 629 g/mol. The highest BCUT2D eigenvalue weighted by Gasteiger charge is 2.42. The predicted octanol–water partition coefficient (Wildman–Crippen LogP) is 5.51. The van der Waals surface area contributed by atoms with Crippen molar-refractivity contribution in [1.29, 1.82) is 0 Å². The van der Waals surface area contributed by atoms with Crippen molar-refractivity contribution in [3.05, 3.63) is 68.5 Å². The first-order valence-electron chi connectivity index (χ1n) is 13.6. The average Bonchev–Trinajstić information content (AvgIpc) is 2.96. The number of ether oxygens (including phenoxy) is 5. The van der Waals surface area contributed by atoms with E-state index in [4.69, 9.17) is 23.7 Å². The summed E-state index contributed by atoms with van der Waals surface area (Å²) in [6.45, 7) is 6.68. The molecule has 1 heterocycles. The Hall–Kier alpha value is -3.50. The van der Waals surface area contributed by atoms with Crippen LogP contribution in [0, 0.1) is 0 Å². The Morgan fingerprint density at radius 3 is 2.41 bits per heavy atom. The van der Waals surface area contributed by atoms with E-state index in [0.29, 0.717) is 58.0 Å². The fourth-order valence-electron chi connectivity index (χ4n) is 5.43. The Morgan fingerprint density at radius 1 is 1.00 bits per heavy atom. The maximum Gasteiger partial charge on any atom is 0.336 e. The Balaban J connectivity index is 1.78. The molecule has 0 spiro atoms. The minimum Gasteiger partial charge on any atom is -0.503 e. The van der Waals surface area contributed by atoms with Crippen molar-refractivity contribution < 1.29 is 38.4 Å². The van der Waals surface area contributed by atoms with Gasteiger partial charge >= 0.3 is 5.97 Å². The van der Waals surface area contributed by atoms with Crippen molar-refractivity contribution >= 4 is 27.7 Å². The molecule has 0 saturated carbocycles. The van der Waals surface area contributed by atoms with Crippen LogP contribution < -0.4 is 19.5 Å². The molecule has 0 radical (unpaired) electrons. The highest BCUT2D eigenvalue weighted by atomic mass is 79.9. The van der Waals surface area contributed by atoms with E-state index >= 15 is 0 Å². The average molecular weight is 631 g/mol. The molecule has 4 rings (SSSR count). The molecule has 41 heavy (non-hydrogen) atoms. The third-order valence-corrected chi connectivity index (χ3v) is 7.88. The molecule has 2 N–H and O–H groups in total. The number of carbonyl (C=O) groups excluding carboxylic acids is 2. The molecule has 0 unspecified atom stereocenters. The number of hydrogen-bond donors (Lipinski definition) is 2. The van der Waals surface area contributed by atoms with Crippen molar-refractivity contribution in [2.45, 2.75) is 45.4 Å². The molecule has 1 aliphatic carbocycles. The van der Waals surface area contributed by atoms with Gasteiger partial charge in [0.05, 0.1) is 37.5 Å². The van der Waals surface area contributed by atoms with Gasteiger partial charge in [0.2, 0.25) is 0 Å². The second-order valence-electron chi connectivity index (χ2n) is 9.75. The smallest absolute Gasteiger partial charge is 0.336 e. The molecule has 10 heteroatoms. The Kier molecular flexibility index (Phi) is 9.99. The number of carbonyl (C=O) groups is 2. The van der Waals surface area contributed by atoms with Crippen LogP contribution in [-0.4, -0.2) is 57.5 Å². The zero-order chi connectivity index (χ0) is 29.7. The summed E-state index contributed by atoms with van der Waals surface area (Å²) in [5.74, 6) is -0.0377. The first-order valence-corrected chi connectivity index (χ1v) is 14.4. The molecule has 0 amide bonds. The van der Waals surface area contributed by atoms with Crippen LogP contribution in [0.4, 0.5) is 0 Å². The van der Waals surface area contributed by atoms with Gasteiger partial charge in [0.15, 0.2) is 28.8 Å². The summed E-state index contributed by atoms with van der Waals surface area (Å²) in [5.41, 5.74) is 3.76. The van der Waals surface area contributed by atoms with E-state index in [1.807, 2.05) is 32.0 Å². The van der Waals surface area contributed by atoms with Gasteiger partial charge in [-0.1, -0.05) is 6.07 Å². The second kappa shape index (κ2) is 13.4. The van der Waals surface area contributed by atoms with Gasteiger partial charge in [-0.3, -0.25) is 4.79 Å². The molecule has 2 atom stereocenters. The summed E-state index contributed by atoms with van der Waals surface area (Å²) < 4.78 is 27.8. The van der Waals surface area contributed by atoms with Gasteiger partial charge in [0.1, 0.15) is 6.61 Å². The highest BCUT2D eigenvalue weighted by Crippen LogP contribution is 2.48. The largest absolute Gasteiger partial charge is 0.503 e. The van der Waals surface area contributed by atoms with Gasteiger partial charge in [-0.2, -0.15) is 0 Å². The van der Waals surface area contributed by atoms with Gasteiger partial charge < -0.3 is 34.1 Å². The molecule has 9 nitrogen and oxygen atoms in total. The number of dihydropyridines is 1. The van der Waals surface area contributed by atoms with Crippen molar-refractivity contribution in [1.82, 2.24) is 5.32 Å². The Labute approximate surface area is 248 Å². The first kappa shape index (κ1) is 30.5. The Bertz CT molecular complexity index is 1380. The molecule has 0 saturated heterocycles. The topological polar surface area (TPSA) is 113 Å². The number of aromatic hydroxyl groups is 1. The van der Waals surface area contributed by atoms with Crippen LogP contribution in [0.25, 0.3) is 0 Å². The third kappa shape index (κ3) is 6.38. The molecule has 220 valence electrons. The minimum absolute atomic E-state index is 0.0521. The Morgan fingerprint density at radius 2 is 1.73 bits per heavy atom. The standard InChI is InChI=1S/C31H36BrNO8/c1-6-39-10-11-41-31(36)27-17(3)33-22-13-19(18-8-9-24(37-4)25(15-18)38-5)14-23(34)29(22)28(27)20-12-21(32)30(35)26(16-20)40-7-2/h8-9,12,15-16,19,28,33,35H,6-7,10-11,13-14H2,1-5H3/t19-,28+/m0/s1. The molecule has 0 fully saturated rings. The van der Waals surface area contributed by atoms with E-state index in [1.54, 1.807) is 33.3 Å².